The number of thiophene rings is 1. The third kappa shape index (κ3) is 2.68. The molecule has 0 bridgehead atoms. The van der Waals surface area contributed by atoms with Crippen molar-refractivity contribution >= 4 is 22.9 Å². The van der Waals surface area contributed by atoms with Crippen molar-refractivity contribution in [2.75, 3.05) is 0 Å². The van der Waals surface area contributed by atoms with Crippen molar-refractivity contribution in [3.8, 4) is 0 Å². The number of hydrogen-bond donors (Lipinski definition) is 1. The fourth-order valence-electron chi connectivity index (χ4n) is 1.59. The molecule has 0 saturated heterocycles. The van der Waals surface area contributed by atoms with Crippen LogP contribution in [0, 0.1) is 0 Å². The number of benzene rings is 1. The average Bonchev–Trinajstić information content (AvgIpc) is 2.80. The van der Waals surface area contributed by atoms with Gasteiger partial charge in [-0.1, -0.05) is 23.7 Å². The van der Waals surface area contributed by atoms with E-state index in [1.165, 1.54) is 23.5 Å². The van der Waals surface area contributed by atoms with Crippen LogP contribution in [0.2, 0.25) is 5.02 Å². The highest BCUT2D eigenvalue weighted by molar-refractivity contribution is 7.10. The van der Waals surface area contributed by atoms with E-state index in [-0.39, 0.29) is 5.02 Å². The molecule has 0 spiro atoms. The molecule has 2 N–H and O–H groups in total. The first-order chi connectivity index (χ1) is 8.39. The van der Waals surface area contributed by atoms with E-state index in [9.17, 15) is 13.2 Å². The molecule has 96 valence electrons. The quantitative estimate of drug-likeness (QED) is 0.868. The van der Waals surface area contributed by atoms with Crippen molar-refractivity contribution in [3.63, 3.8) is 0 Å². The molecule has 0 aliphatic heterocycles. The maximum Gasteiger partial charge on any atom is 0.417 e. The molecule has 0 saturated carbocycles. The van der Waals surface area contributed by atoms with Crippen LogP contribution in [-0.2, 0) is 6.18 Å². The SMILES string of the molecule is N[C@H](c1ccc(Cl)c(C(F)(F)F)c1)c1cccs1. The molecule has 1 atom stereocenters. The zero-order valence-electron chi connectivity index (χ0n) is 9.04. The normalized spacial score (nSPS) is 13.6. The highest BCUT2D eigenvalue weighted by Gasteiger charge is 2.33. The van der Waals surface area contributed by atoms with Crippen molar-refractivity contribution < 1.29 is 13.2 Å². The number of alkyl halides is 3. The molecule has 0 amide bonds. The zero-order valence-corrected chi connectivity index (χ0v) is 10.6. The Morgan fingerprint density at radius 3 is 2.50 bits per heavy atom. The second kappa shape index (κ2) is 4.91. The molecule has 2 aromatic rings. The van der Waals surface area contributed by atoms with Gasteiger partial charge in [-0.25, -0.2) is 0 Å². The van der Waals surface area contributed by atoms with Crippen LogP contribution in [0.3, 0.4) is 0 Å². The van der Waals surface area contributed by atoms with Crippen LogP contribution in [0.4, 0.5) is 13.2 Å². The summed E-state index contributed by atoms with van der Waals surface area (Å²) in [5, 5.41) is 1.51. The van der Waals surface area contributed by atoms with Crippen molar-refractivity contribution in [3.05, 3.63) is 56.7 Å². The van der Waals surface area contributed by atoms with Gasteiger partial charge in [0.05, 0.1) is 16.6 Å². The van der Waals surface area contributed by atoms with Gasteiger partial charge in [0.15, 0.2) is 0 Å². The van der Waals surface area contributed by atoms with Crippen LogP contribution < -0.4 is 5.73 Å². The molecule has 0 unspecified atom stereocenters. The molecule has 2 rings (SSSR count). The molecule has 0 radical (unpaired) electrons. The third-order valence-electron chi connectivity index (χ3n) is 2.50. The lowest BCUT2D eigenvalue weighted by atomic mass is 10.0. The Bertz CT molecular complexity index is 537. The summed E-state index contributed by atoms with van der Waals surface area (Å²) < 4.78 is 38.1. The summed E-state index contributed by atoms with van der Waals surface area (Å²) >= 11 is 6.96. The van der Waals surface area contributed by atoms with E-state index < -0.39 is 17.8 Å². The molecule has 1 nitrogen and oxygen atoms in total. The van der Waals surface area contributed by atoms with Gasteiger partial charge in [-0.05, 0) is 29.1 Å². The molecule has 1 aromatic heterocycles. The van der Waals surface area contributed by atoms with Gasteiger partial charge in [-0.2, -0.15) is 13.2 Å². The van der Waals surface area contributed by atoms with Crippen molar-refractivity contribution in [1.29, 1.82) is 0 Å². The Morgan fingerprint density at radius 2 is 1.94 bits per heavy atom. The maximum absolute atomic E-state index is 12.7. The van der Waals surface area contributed by atoms with E-state index in [1.807, 2.05) is 5.38 Å². The molecule has 6 heteroatoms. The van der Waals surface area contributed by atoms with Crippen LogP contribution in [0.15, 0.2) is 35.7 Å². The summed E-state index contributed by atoms with van der Waals surface area (Å²) in [6.45, 7) is 0. The lowest BCUT2D eigenvalue weighted by molar-refractivity contribution is -0.137. The van der Waals surface area contributed by atoms with Crippen molar-refractivity contribution in [2.24, 2.45) is 5.73 Å². The van der Waals surface area contributed by atoms with Crippen LogP contribution >= 0.6 is 22.9 Å². The first-order valence-corrected chi connectivity index (χ1v) is 6.31. The Hall–Kier alpha value is -1.04. The molecular weight excluding hydrogens is 283 g/mol. The van der Waals surface area contributed by atoms with Gasteiger partial charge in [0.25, 0.3) is 0 Å². The van der Waals surface area contributed by atoms with Crippen LogP contribution in [-0.4, -0.2) is 0 Å². The molecule has 0 fully saturated rings. The van der Waals surface area contributed by atoms with E-state index in [1.54, 1.807) is 12.1 Å². The Balaban J connectivity index is 2.42. The topological polar surface area (TPSA) is 26.0 Å². The predicted molar refractivity (Wildman–Crippen MR) is 66.8 cm³/mol. The highest BCUT2D eigenvalue weighted by atomic mass is 35.5. The molecular formula is C12H9ClF3NS. The second-order valence-corrected chi connectivity index (χ2v) is 5.12. The van der Waals surface area contributed by atoms with Gasteiger partial charge in [0.1, 0.15) is 0 Å². The minimum Gasteiger partial charge on any atom is -0.320 e. The van der Waals surface area contributed by atoms with Gasteiger partial charge >= 0.3 is 6.18 Å². The number of rotatable bonds is 2. The third-order valence-corrected chi connectivity index (χ3v) is 3.79. The fraction of sp³-hybridized carbons (Fsp3) is 0.167. The number of hydrogen-bond acceptors (Lipinski definition) is 2. The fourth-order valence-corrected chi connectivity index (χ4v) is 2.56. The lowest BCUT2D eigenvalue weighted by Crippen LogP contribution is -2.13. The molecule has 0 aliphatic carbocycles. The predicted octanol–water partition coefficient (Wildman–Crippen LogP) is 4.47. The van der Waals surface area contributed by atoms with Crippen molar-refractivity contribution in [1.82, 2.24) is 0 Å². The van der Waals surface area contributed by atoms with Crippen LogP contribution in [0.5, 0.6) is 0 Å². The van der Waals surface area contributed by atoms with Gasteiger partial charge in [-0.15, -0.1) is 11.3 Å². The zero-order chi connectivity index (χ0) is 13.3. The lowest BCUT2D eigenvalue weighted by Gasteiger charge is -2.14. The molecule has 0 aliphatic rings. The van der Waals surface area contributed by atoms with Gasteiger partial charge in [0.2, 0.25) is 0 Å². The summed E-state index contributed by atoms with van der Waals surface area (Å²) in [6.07, 6.45) is -4.47. The average molecular weight is 292 g/mol. The molecule has 18 heavy (non-hydrogen) atoms. The van der Waals surface area contributed by atoms with Gasteiger partial charge in [0, 0.05) is 4.88 Å². The van der Waals surface area contributed by atoms with E-state index in [2.05, 4.69) is 0 Å². The van der Waals surface area contributed by atoms with E-state index >= 15 is 0 Å². The van der Waals surface area contributed by atoms with Crippen molar-refractivity contribution in [2.45, 2.75) is 12.2 Å². The largest absolute Gasteiger partial charge is 0.417 e. The highest BCUT2D eigenvalue weighted by Crippen LogP contribution is 2.36. The minimum atomic E-state index is -4.47. The summed E-state index contributed by atoms with van der Waals surface area (Å²) in [6, 6.07) is 6.78. The summed E-state index contributed by atoms with van der Waals surface area (Å²) in [7, 11) is 0. The van der Waals surface area contributed by atoms with Gasteiger partial charge in [-0.3, -0.25) is 0 Å². The van der Waals surface area contributed by atoms with Crippen LogP contribution in [0.25, 0.3) is 0 Å². The van der Waals surface area contributed by atoms with E-state index in [0.29, 0.717) is 5.56 Å². The number of halogens is 4. The standard InChI is InChI=1S/C12H9ClF3NS/c13-9-4-3-7(6-8(9)12(14,15)16)11(17)10-2-1-5-18-10/h1-6,11H,17H2/t11-/m1/s1. The molecule has 1 aromatic carbocycles. The van der Waals surface area contributed by atoms with Crippen LogP contribution in [0.1, 0.15) is 22.0 Å². The molecule has 1 heterocycles. The summed E-state index contributed by atoms with van der Waals surface area (Å²) in [4.78, 5) is 0.811. The monoisotopic (exact) mass is 291 g/mol. The van der Waals surface area contributed by atoms with E-state index in [0.717, 1.165) is 10.9 Å². The van der Waals surface area contributed by atoms with E-state index in [4.69, 9.17) is 17.3 Å². The Morgan fingerprint density at radius 1 is 1.22 bits per heavy atom. The smallest absolute Gasteiger partial charge is 0.320 e. The summed E-state index contributed by atoms with van der Waals surface area (Å²) in [5.41, 5.74) is 5.47. The van der Waals surface area contributed by atoms with Gasteiger partial charge < -0.3 is 5.73 Å². The number of nitrogens with two attached hydrogens (primary N) is 1. The first kappa shape index (κ1) is 13.4. The first-order valence-electron chi connectivity index (χ1n) is 5.05. The maximum atomic E-state index is 12.7. The Labute approximate surface area is 111 Å². The minimum absolute atomic E-state index is 0.315. The Kier molecular flexibility index (Phi) is 3.66. The summed E-state index contributed by atoms with van der Waals surface area (Å²) in [5.74, 6) is 0. The second-order valence-electron chi connectivity index (χ2n) is 3.73.